The van der Waals surface area contributed by atoms with Crippen LogP contribution in [0.4, 0.5) is 0 Å². The summed E-state index contributed by atoms with van der Waals surface area (Å²) in [7, 11) is 1.60. The van der Waals surface area contributed by atoms with E-state index in [-0.39, 0.29) is 5.91 Å². The topological polar surface area (TPSA) is 50.8 Å². The van der Waals surface area contributed by atoms with Gasteiger partial charge in [0.2, 0.25) is 5.79 Å². The van der Waals surface area contributed by atoms with Crippen LogP contribution < -0.4 is 10.1 Å². The van der Waals surface area contributed by atoms with Gasteiger partial charge in [0.25, 0.3) is 5.91 Å². The fourth-order valence-electron chi connectivity index (χ4n) is 4.65. The second-order valence-electron chi connectivity index (χ2n) is 8.52. The standard InChI is InChI=1S/C24H27ClN2O3/c1-26-23(28)20-14-17(5-7-21(20)25)16-6-8-22-18(13-16)15-29-24(30-22)9-11-27(12-10-24)19-3-2-4-19/h5-8,13-14,19H,2-4,9-12,15H2,1H3,(H,26,28). The molecule has 0 aromatic heterocycles. The van der Waals surface area contributed by atoms with Gasteiger partial charge in [0.1, 0.15) is 5.75 Å². The van der Waals surface area contributed by atoms with Crippen molar-refractivity contribution in [1.29, 1.82) is 0 Å². The van der Waals surface area contributed by atoms with E-state index in [0.29, 0.717) is 17.2 Å². The van der Waals surface area contributed by atoms with Crippen LogP contribution in [0.25, 0.3) is 11.1 Å². The summed E-state index contributed by atoms with van der Waals surface area (Å²) in [6.45, 7) is 2.64. The van der Waals surface area contributed by atoms with Crippen molar-refractivity contribution in [1.82, 2.24) is 10.2 Å². The third-order valence-electron chi connectivity index (χ3n) is 6.77. The van der Waals surface area contributed by atoms with Crippen LogP contribution in [0.2, 0.25) is 5.02 Å². The van der Waals surface area contributed by atoms with Gasteiger partial charge >= 0.3 is 0 Å². The number of amides is 1. The van der Waals surface area contributed by atoms with Crippen molar-refractivity contribution in [2.45, 2.75) is 50.5 Å². The zero-order valence-corrected chi connectivity index (χ0v) is 18.0. The van der Waals surface area contributed by atoms with E-state index in [1.54, 1.807) is 13.1 Å². The number of fused-ring (bicyclic) bond motifs is 1. The number of likely N-dealkylation sites (tertiary alicyclic amines) is 1. The molecule has 2 aromatic rings. The van der Waals surface area contributed by atoms with E-state index in [4.69, 9.17) is 21.1 Å². The zero-order chi connectivity index (χ0) is 20.7. The summed E-state index contributed by atoms with van der Waals surface area (Å²) >= 11 is 6.19. The molecule has 5 rings (SSSR count). The Balaban J connectivity index is 1.33. The predicted molar refractivity (Wildman–Crippen MR) is 117 cm³/mol. The molecule has 2 fully saturated rings. The maximum Gasteiger partial charge on any atom is 0.252 e. The minimum absolute atomic E-state index is 0.193. The highest BCUT2D eigenvalue weighted by Gasteiger charge is 2.42. The van der Waals surface area contributed by atoms with Gasteiger partial charge in [-0.2, -0.15) is 0 Å². The fourth-order valence-corrected chi connectivity index (χ4v) is 4.86. The van der Waals surface area contributed by atoms with E-state index in [1.807, 2.05) is 24.3 Å². The maximum atomic E-state index is 12.1. The van der Waals surface area contributed by atoms with Gasteiger partial charge in [0, 0.05) is 44.6 Å². The number of hydrogen-bond donors (Lipinski definition) is 1. The van der Waals surface area contributed by atoms with Gasteiger partial charge in [-0.25, -0.2) is 0 Å². The van der Waals surface area contributed by atoms with Gasteiger partial charge in [-0.15, -0.1) is 0 Å². The molecule has 3 aliphatic rings. The summed E-state index contributed by atoms with van der Waals surface area (Å²) < 4.78 is 12.7. The van der Waals surface area contributed by atoms with Gasteiger partial charge < -0.3 is 14.8 Å². The molecule has 0 bridgehead atoms. The van der Waals surface area contributed by atoms with Gasteiger partial charge in [-0.1, -0.05) is 30.2 Å². The number of nitrogens with zero attached hydrogens (tertiary/aromatic N) is 1. The van der Waals surface area contributed by atoms with Crippen LogP contribution in [0.1, 0.15) is 48.0 Å². The van der Waals surface area contributed by atoms with Gasteiger partial charge in [0.15, 0.2) is 0 Å². The van der Waals surface area contributed by atoms with Crippen molar-refractivity contribution in [3.8, 4) is 16.9 Å². The molecule has 0 radical (unpaired) electrons. The molecule has 1 amide bonds. The van der Waals surface area contributed by atoms with E-state index in [1.165, 1.54) is 19.3 Å². The molecular weight excluding hydrogens is 400 g/mol. The third-order valence-corrected chi connectivity index (χ3v) is 7.10. The Bertz CT molecular complexity index is 965. The molecule has 2 aliphatic heterocycles. The second kappa shape index (κ2) is 7.88. The lowest BCUT2D eigenvalue weighted by atomic mass is 9.89. The summed E-state index contributed by atoms with van der Waals surface area (Å²) in [5.74, 6) is 0.228. The zero-order valence-electron chi connectivity index (χ0n) is 17.2. The Kier molecular flexibility index (Phi) is 5.21. The summed E-state index contributed by atoms with van der Waals surface area (Å²) in [5.41, 5.74) is 3.46. The monoisotopic (exact) mass is 426 g/mol. The smallest absolute Gasteiger partial charge is 0.252 e. The average Bonchev–Trinajstić information content (AvgIpc) is 2.74. The first-order valence-corrected chi connectivity index (χ1v) is 11.2. The molecule has 158 valence electrons. The lowest BCUT2D eigenvalue weighted by Crippen LogP contribution is -2.54. The normalized spacial score (nSPS) is 20.9. The molecule has 1 saturated carbocycles. The summed E-state index contributed by atoms with van der Waals surface area (Å²) in [5, 5.41) is 3.08. The number of carbonyl (C=O) groups excluding carboxylic acids is 1. The average molecular weight is 427 g/mol. The molecule has 6 heteroatoms. The molecule has 5 nitrogen and oxygen atoms in total. The van der Waals surface area contributed by atoms with Crippen molar-refractivity contribution in [3.05, 3.63) is 52.5 Å². The largest absolute Gasteiger partial charge is 0.462 e. The molecule has 1 saturated heterocycles. The summed E-state index contributed by atoms with van der Waals surface area (Å²) in [6.07, 6.45) is 5.88. The van der Waals surface area contributed by atoms with Gasteiger partial charge in [-0.3, -0.25) is 9.69 Å². The van der Waals surface area contributed by atoms with E-state index < -0.39 is 5.79 Å². The molecular formula is C24H27ClN2O3. The van der Waals surface area contributed by atoms with Gasteiger partial charge in [0.05, 0.1) is 17.2 Å². The SMILES string of the molecule is CNC(=O)c1cc(-c2ccc3c(c2)COC2(CCN(C4CCC4)CC2)O3)ccc1Cl. The highest BCUT2D eigenvalue weighted by molar-refractivity contribution is 6.34. The summed E-state index contributed by atoms with van der Waals surface area (Å²) in [4.78, 5) is 14.7. The van der Waals surface area contributed by atoms with Crippen LogP contribution in [0.3, 0.4) is 0 Å². The molecule has 1 spiro atoms. The Morgan fingerprint density at radius 3 is 2.57 bits per heavy atom. The molecule has 2 aromatic carbocycles. The van der Waals surface area contributed by atoms with Crippen molar-refractivity contribution < 1.29 is 14.3 Å². The Labute approximate surface area is 182 Å². The number of piperidine rings is 1. The first-order valence-electron chi connectivity index (χ1n) is 10.8. The van der Waals surface area contributed by atoms with Crippen LogP contribution in [0.15, 0.2) is 36.4 Å². The second-order valence-corrected chi connectivity index (χ2v) is 8.93. The number of ether oxygens (including phenoxy) is 2. The first-order chi connectivity index (χ1) is 14.6. The lowest BCUT2D eigenvalue weighted by Gasteiger charge is -2.47. The van der Waals surface area contributed by atoms with Crippen molar-refractivity contribution in [2.24, 2.45) is 0 Å². The number of carbonyl (C=O) groups is 1. The van der Waals surface area contributed by atoms with Crippen molar-refractivity contribution >= 4 is 17.5 Å². The molecule has 30 heavy (non-hydrogen) atoms. The number of benzene rings is 2. The van der Waals surface area contributed by atoms with Crippen LogP contribution in [0.5, 0.6) is 5.75 Å². The van der Waals surface area contributed by atoms with Gasteiger partial charge in [-0.05, 0) is 48.2 Å². The number of halogens is 1. The van der Waals surface area contributed by atoms with Crippen LogP contribution in [-0.2, 0) is 11.3 Å². The predicted octanol–water partition coefficient (Wildman–Crippen LogP) is 4.62. The Morgan fingerprint density at radius 1 is 1.13 bits per heavy atom. The molecule has 0 unspecified atom stereocenters. The van der Waals surface area contributed by atoms with Crippen molar-refractivity contribution in [3.63, 3.8) is 0 Å². The number of nitrogens with one attached hydrogen (secondary N) is 1. The van der Waals surface area contributed by atoms with E-state index in [0.717, 1.165) is 54.4 Å². The summed E-state index contributed by atoms with van der Waals surface area (Å²) in [6, 6.07) is 12.4. The van der Waals surface area contributed by atoms with Crippen molar-refractivity contribution in [2.75, 3.05) is 20.1 Å². The minimum Gasteiger partial charge on any atom is -0.462 e. The molecule has 1 N–H and O–H groups in total. The number of hydrogen-bond acceptors (Lipinski definition) is 4. The van der Waals surface area contributed by atoms with E-state index >= 15 is 0 Å². The maximum absolute atomic E-state index is 12.1. The van der Waals surface area contributed by atoms with Crippen LogP contribution >= 0.6 is 11.6 Å². The lowest BCUT2D eigenvalue weighted by molar-refractivity contribution is -0.231. The van der Waals surface area contributed by atoms with Crippen LogP contribution in [-0.4, -0.2) is 42.8 Å². The number of rotatable bonds is 3. The highest BCUT2D eigenvalue weighted by atomic mass is 35.5. The van der Waals surface area contributed by atoms with E-state index in [9.17, 15) is 4.79 Å². The fraction of sp³-hybridized carbons (Fsp3) is 0.458. The molecule has 2 heterocycles. The minimum atomic E-state index is -0.485. The Hall–Kier alpha value is -2.08. The van der Waals surface area contributed by atoms with Crippen LogP contribution in [0, 0.1) is 0 Å². The molecule has 1 aliphatic carbocycles. The molecule has 0 atom stereocenters. The third kappa shape index (κ3) is 3.59. The van der Waals surface area contributed by atoms with E-state index in [2.05, 4.69) is 16.3 Å². The first kappa shape index (κ1) is 19.9. The highest BCUT2D eigenvalue weighted by Crippen LogP contribution is 2.40. The Morgan fingerprint density at radius 2 is 1.87 bits per heavy atom. The quantitative estimate of drug-likeness (QED) is 0.778.